The van der Waals surface area contributed by atoms with Crippen molar-refractivity contribution in [2.24, 2.45) is 0 Å². The summed E-state index contributed by atoms with van der Waals surface area (Å²) >= 11 is 20.2. The highest BCUT2D eigenvalue weighted by Gasteiger charge is 2.02. The van der Waals surface area contributed by atoms with Crippen LogP contribution in [0.2, 0.25) is 0 Å². The van der Waals surface area contributed by atoms with Crippen LogP contribution >= 0.6 is 48.9 Å². The molecular weight excluding hydrogens is 248 g/mol. The van der Waals surface area contributed by atoms with E-state index >= 15 is 0 Å². The van der Waals surface area contributed by atoms with Crippen LogP contribution in [-0.2, 0) is 0 Å². The summed E-state index contributed by atoms with van der Waals surface area (Å²) in [5, 5.41) is 1.65. The molecule has 78 valence electrons. The minimum atomic E-state index is 0.711. The van der Waals surface area contributed by atoms with Crippen molar-refractivity contribution >= 4 is 68.8 Å². The van der Waals surface area contributed by atoms with Crippen molar-refractivity contribution in [3.05, 3.63) is 0 Å². The predicted octanol–water partition coefficient (Wildman–Crippen LogP) is 4.07. The van der Waals surface area contributed by atoms with Crippen LogP contribution < -0.4 is 0 Å². The van der Waals surface area contributed by atoms with Crippen LogP contribution in [-0.4, -0.2) is 20.0 Å². The molecule has 0 atom stereocenters. The Bertz CT molecular complexity index is 243. The normalized spacial score (nSPS) is 9.50. The van der Waals surface area contributed by atoms with E-state index in [2.05, 4.69) is 6.92 Å². The minimum Gasteiger partial charge on any atom is -0.0931 e. The Labute approximate surface area is 107 Å². The highest BCUT2D eigenvalue weighted by Crippen LogP contribution is 2.05. The van der Waals surface area contributed by atoms with Gasteiger partial charge in [0.25, 0.3) is 0 Å². The Balaban J connectivity index is 3.70. The molecule has 0 aliphatic heterocycles. The number of hydrogen-bond donors (Lipinski definition) is 0. The van der Waals surface area contributed by atoms with Crippen molar-refractivity contribution < 1.29 is 0 Å². The summed E-state index contributed by atoms with van der Waals surface area (Å²) in [6, 6.07) is 0. The lowest BCUT2D eigenvalue weighted by Gasteiger charge is -2.03. The van der Waals surface area contributed by atoms with Gasteiger partial charge in [0.15, 0.2) is 0 Å². The first kappa shape index (κ1) is 14.4. The molecule has 0 amide bonds. The zero-order valence-electron chi connectivity index (χ0n) is 8.25. The summed E-state index contributed by atoms with van der Waals surface area (Å²) in [6.07, 6.45) is 4.22. The molecule has 0 radical (unpaired) electrons. The van der Waals surface area contributed by atoms with Crippen LogP contribution in [0, 0.1) is 0 Å². The quantitative estimate of drug-likeness (QED) is 0.605. The fourth-order valence-electron chi connectivity index (χ4n) is 0.929. The Morgan fingerprint density at radius 1 is 1.00 bits per heavy atom. The van der Waals surface area contributed by atoms with E-state index in [0.29, 0.717) is 6.42 Å². The van der Waals surface area contributed by atoms with E-state index in [0.717, 1.165) is 40.3 Å². The zero-order chi connectivity index (χ0) is 11.0. The van der Waals surface area contributed by atoms with Crippen LogP contribution in [0.5, 0.6) is 0 Å². The summed E-state index contributed by atoms with van der Waals surface area (Å²) in [5.74, 6) is 0. The van der Waals surface area contributed by atoms with Crippen molar-refractivity contribution in [2.45, 2.75) is 39.0 Å². The Kier molecular flexibility index (Phi) is 8.87. The van der Waals surface area contributed by atoms with Crippen molar-refractivity contribution in [2.75, 3.05) is 0 Å². The molecule has 0 rings (SSSR count). The van der Waals surface area contributed by atoms with Crippen molar-refractivity contribution in [3.63, 3.8) is 0 Å². The highest BCUT2D eigenvalue weighted by atomic mass is 32.1. The van der Waals surface area contributed by atoms with E-state index in [1.54, 1.807) is 5.37 Å². The third-order valence-corrected chi connectivity index (χ3v) is 3.10. The second kappa shape index (κ2) is 8.65. The average Bonchev–Trinajstić information content (AvgIpc) is 2.14. The fraction of sp³-hybridized carbons (Fsp3) is 0.600. The molecule has 0 nitrogen and oxygen atoms in total. The maximum absolute atomic E-state index is 5.22. The van der Waals surface area contributed by atoms with Gasteiger partial charge in [-0.1, -0.05) is 55.8 Å². The molecule has 4 heteroatoms. The molecule has 0 saturated heterocycles. The molecule has 0 unspecified atom stereocenters. The highest BCUT2D eigenvalue weighted by molar-refractivity contribution is 7.82. The Hall–Kier alpha value is 0.360. The lowest BCUT2D eigenvalue weighted by molar-refractivity contribution is 1.11. The van der Waals surface area contributed by atoms with Gasteiger partial charge in [-0.05, 0) is 34.4 Å². The van der Waals surface area contributed by atoms with Gasteiger partial charge in [-0.3, -0.25) is 0 Å². The first-order valence-corrected chi connectivity index (χ1v) is 6.28. The molecule has 0 aliphatic rings. The summed E-state index contributed by atoms with van der Waals surface area (Å²) in [4.78, 5) is 3.03. The monoisotopic (exact) mass is 262 g/mol. The number of hydrogen-bond acceptors (Lipinski definition) is 4. The maximum atomic E-state index is 5.22. The fourth-order valence-corrected chi connectivity index (χ4v) is 1.96. The van der Waals surface area contributed by atoms with Gasteiger partial charge in [-0.25, -0.2) is 0 Å². The molecular formula is C10H14S4. The van der Waals surface area contributed by atoms with Gasteiger partial charge in [0.1, 0.15) is 0 Å². The van der Waals surface area contributed by atoms with Gasteiger partial charge in [0, 0.05) is 17.7 Å². The first-order chi connectivity index (χ1) is 6.60. The molecule has 0 saturated carbocycles. The predicted molar refractivity (Wildman–Crippen MR) is 80.2 cm³/mol. The van der Waals surface area contributed by atoms with E-state index in [1.165, 1.54) is 0 Å². The van der Waals surface area contributed by atoms with Crippen LogP contribution in [0.3, 0.4) is 0 Å². The standard InChI is InChI=1S/C10H14S4/c1-2-8(12)3-4-9(13)7-10(14)5-6-11/h6H,2-5,7H2,1H3. The molecule has 0 spiro atoms. The molecule has 0 aromatic rings. The Morgan fingerprint density at radius 3 is 2.07 bits per heavy atom. The molecule has 0 aromatic heterocycles. The topological polar surface area (TPSA) is 0 Å². The van der Waals surface area contributed by atoms with E-state index in [9.17, 15) is 0 Å². The molecule has 14 heavy (non-hydrogen) atoms. The summed E-state index contributed by atoms with van der Waals surface area (Å²) < 4.78 is 0. The van der Waals surface area contributed by atoms with Crippen LogP contribution in [0.15, 0.2) is 0 Å². The third-order valence-electron chi connectivity index (χ3n) is 1.78. The molecule has 0 heterocycles. The van der Waals surface area contributed by atoms with Crippen molar-refractivity contribution in [3.8, 4) is 0 Å². The molecule has 0 aliphatic carbocycles. The van der Waals surface area contributed by atoms with Gasteiger partial charge >= 0.3 is 0 Å². The van der Waals surface area contributed by atoms with E-state index in [4.69, 9.17) is 48.9 Å². The van der Waals surface area contributed by atoms with Gasteiger partial charge in [0.05, 0.1) is 0 Å². The maximum Gasteiger partial charge on any atom is 0.0106 e. The molecule has 0 fully saturated rings. The Morgan fingerprint density at radius 2 is 1.57 bits per heavy atom. The second-order valence-electron chi connectivity index (χ2n) is 3.02. The molecule has 0 N–H and O–H groups in total. The van der Waals surface area contributed by atoms with Crippen LogP contribution in [0.1, 0.15) is 39.0 Å². The lowest BCUT2D eigenvalue weighted by atomic mass is 10.1. The minimum absolute atomic E-state index is 0.711. The van der Waals surface area contributed by atoms with Gasteiger partial charge in [-0.15, -0.1) is 0 Å². The van der Waals surface area contributed by atoms with Gasteiger partial charge < -0.3 is 0 Å². The van der Waals surface area contributed by atoms with Crippen molar-refractivity contribution in [1.82, 2.24) is 0 Å². The van der Waals surface area contributed by atoms with Gasteiger partial charge in [-0.2, -0.15) is 0 Å². The summed E-state index contributed by atoms with van der Waals surface area (Å²) in [5.41, 5.74) is 0. The van der Waals surface area contributed by atoms with E-state index < -0.39 is 0 Å². The molecule has 0 bridgehead atoms. The summed E-state index contributed by atoms with van der Waals surface area (Å²) in [7, 11) is 0. The summed E-state index contributed by atoms with van der Waals surface area (Å²) in [6.45, 7) is 2.07. The SMILES string of the molecule is CCC(=S)CCC(=S)CC(=S)CC=S. The smallest absolute Gasteiger partial charge is 0.0106 e. The average molecular weight is 262 g/mol. The lowest BCUT2D eigenvalue weighted by Crippen LogP contribution is -2.05. The largest absolute Gasteiger partial charge is 0.0931 e. The van der Waals surface area contributed by atoms with Crippen LogP contribution in [0.25, 0.3) is 0 Å². The number of rotatable bonds is 8. The molecule has 0 aromatic carbocycles. The second-order valence-corrected chi connectivity index (χ2v) is 5.08. The van der Waals surface area contributed by atoms with E-state index in [-0.39, 0.29) is 0 Å². The third kappa shape index (κ3) is 7.74. The van der Waals surface area contributed by atoms with Crippen molar-refractivity contribution in [1.29, 1.82) is 0 Å². The van der Waals surface area contributed by atoms with Crippen LogP contribution in [0.4, 0.5) is 0 Å². The van der Waals surface area contributed by atoms with Gasteiger partial charge in [0.2, 0.25) is 0 Å². The zero-order valence-corrected chi connectivity index (χ0v) is 11.5. The van der Waals surface area contributed by atoms with E-state index in [1.807, 2.05) is 0 Å². The number of thiocarbonyl (C=S) groups is 4. The first-order valence-electron chi connectivity index (χ1n) is 4.58.